The lowest BCUT2D eigenvalue weighted by Gasteiger charge is -2.32. The van der Waals surface area contributed by atoms with Crippen LogP contribution in [-0.2, 0) is 4.74 Å². The fourth-order valence-corrected chi connectivity index (χ4v) is 2.31. The number of likely N-dealkylation sites (N-methyl/N-ethyl adjacent to an activating group) is 2. The van der Waals surface area contributed by atoms with Crippen LogP contribution in [0.4, 0.5) is 0 Å². The Balaban J connectivity index is 2.05. The van der Waals surface area contributed by atoms with Gasteiger partial charge >= 0.3 is 0 Å². The molecule has 1 aliphatic heterocycles. The van der Waals surface area contributed by atoms with Gasteiger partial charge in [0, 0.05) is 12.6 Å². The third-order valence-corrected chi connectivity index (χ3v) is 3.68. The Kier molecular flexibility index (Phi) is 7.01. The van der Waals surface area contributed by atoms with E-state index in [-0.39, 0.29) is 0 Å². The first-order valence-electron chi connectivity index (χ1n) is 6.78. The predicted octanol–water partition coefficient (Wildman–Crippen LogP) is 1.83. The fraction of sp³-hybridized carbons (Fsp3) is 1.00. The van der Waals surface area contributed by atoms with E-state index in [9.17, 15) is 0 Å². The van der Waals surface area contributed by atoms with Gasteiger partial charge in [-0.2, -0.15) is 0 Å². The smallest absolute Gasteiger partial charge is 0.0622 e. The van der Waals surface area contributed by atoms with Crippen molar-refractivity contribution in [1.29, 1.82) is 0 Å². The van der Waals surface area contributed by atoms with E-state index in [4.69, 9.17) is 4.74 Å². The van der Waals surface area contributed by atoms with Crippen LogP contribution in [0.1, 0.15) is 33.1 Å². The summed E-state index contributed by atoms with van der Waals surface area (Å²) in [5.41, 5.74) is 0. The molecule has 0 aromatic rings. The SMILES string of the molecule is CCN(CC)CCOCC1CCCCN1C. The molecule has 1 saturated heterocycles. The van der Waals surface area contributed by atoms with E-state index in [1.54, 1.807) is 0 Å². The first kappa shape index (κ1) is 13.9. The molecule has 0 bridgehead atoms. The molecular weight excluding hydrogens is 200 g/mol. The lowest BCUT2D eigenvalue weighted by atomic mass is 10.0. The third kappa shape index (κ3) is 4.81. The third-order valence-electron chi connectivity index (χ3n) is 3.68. The minimum absolute atomic E-state index is 0.658. The molecule has 1 aliphatic rings. The van der Waals surface area contributed by atoms with E-state index in [1.165, 1.54) is 25.8 Å². The highest BCUT2D eigenvalue weighted by molar-refractivity contribution is 4.73. The van der Waals surface area contributed by atoms with Crippen LogP contribution in [0.25, 0.3) is 0 Å². The average molecular weight is 228 g/mol. The van der Waals surface area contributed by atoms with Crippen molar-refractivity contribution in [2.45, 2.75) is 39.2 Å². The van der Waals surface area contributed by atoms with Crippen LogP contribution in [-0.4, -0.2) is 62.3 Å². The van der Waals surface area contributed by atoms with Crippen LogP contribution in [0.5, 0.6) is 0 Å². The molecule has 0 spiro atoms. The van der Waals surface area contributed by atoms with Gasteiger partial charge in [0.15, 0.2) is 0 Å². The average Bonchev–Trinajstić information content (AvgIpc) is 2.31. The minimum Gasteiger partial charge on any atom is -0.378 e. The lowest BCUT2D eigenvalue weighted by molar-refractivity contribution is 0.0429. The van der Waals surface area contributed by atoms with Gasteiger partial charge in [-0.05, 0) is 39.5 Å². The molecule has 0 aliphatic carbocycles. The fourth-order valence-electron chi connectivity index (χ4n) is 2.31. The van der Waals surface area contributed by atoms with Crippen molar-refractivity contribution in [3.05, 3.63) is 0 Å². The van der Waals surface area contributed by atoms with E-state index in [0.29, 0.717) is 6.04 Å². The van der Waals surface area contributed by atoms with Crippen molar-refractivity contribution in [1.82, 2.24) is 9.80 Å². The molecule has 1 atom stereocenters. The van der Waals surface area contributed by atoms with Gasteiger partial charge in [-0.3, -0.25) is 0 Å². The van der Waals surface area contributed by atoms with Gasteiger partial charge in [0.05, 0.1) is 13.2 Å². The molecule has 1 heterocycles. The first-order chi connectivity index (χ1) is 7.77. The Morgan fingerprint density at radius 1 is 1.25 bits per heavy atom. The Morgan fingerprint density at radius 2 is 2.00 bits per heavy atom. The van der Waals surface area contributed by atoms with Crippen LogP contribution < -0.4 is 0 Å². The molecule has 0 radical (unpaired) electrons. The van der Waals surface area contributed by atoms with Crippen molar-refractivity contribution < 1.29 is 4.74 Å². The molecule has 1 rings (SSSR count). The molecule has 1 fully saturated rings. The second-order valence-electron chi connectivity index (χ2n) is 4.73. The normalized spacial score (nSPS) is 22.9. The Bertz CT molecular complexity index is 171. The summed E-state index contributed by atoms with van der Waals surface area (Å²) in [5.74, 6) is 0. The zero-order valence-electron chi connectivity index (χ0n) is 11.2. The van der Waals surface area contributed by atoms with Gasteiger partial charge in [-0.15, -0.1) is 0 Å². The topological polar surface area (TPSA) is 15.7 Å². The predicted molar refractivity (Wildman–Crippen MR) is 68.9 cm³/mol. The summed E-state index contributed by atoms with van der Waals surface area (Å²) in [5, 5.41) is 0. The standard InChI is InChI=1S/C13H28N2O/c1-4-15(5-2)10-11-16-12-13-8-6-7-9-14(13)3/h13H,4-12H2,1-3H3. The summed E-state index contributed by atoms with van der Waals surface area (Å²) < 4.78 is 5.79. The first-order valence-corrected chi connectivity index (χ1v) is 6.78. The molecule has 3 heteroatoms. The molecular formula is C13H28N2O. The molecule has 0 aromatic carbocycles. The number of ether oxygens (including phenoxy) is 1. The number of piperidine rings is 1. The quantitative estimate of drug-likeness (QED) is 0.618. The van der Waals surface area contributed by atoms with E-state index in [0.717, 1.165) is 32.8 Å². The molecule has 3 nitrogen and oxygen atoms in total. The Morgan fingerprint density at radius 3 is 2.62 bits per heavy atom. The molecule has 96 valence electrons. The molecule has 0 amide bonds. The maximum atomic E-state index is 5.79. The number of nitrogens with zero attached hydrogens (tertiary/aromatic N) is 2. The van der Waals surface area contributed by atoms with E-state index < -0.39 is 0 Å². The summed E-state index contributed by atoms with van der Waals surface area (Å²) in [6.07, 6.45) is 4.03. The van der Waals surface area contributed by atoms with Crippen LogP contribution in [0.15, 0.2) is 0 Å². The number of likely N-dealkylation sites (tertiary alicyclic amines) is 1. The highest BCUT2D eigenvalue weighted by Crippen LogP contribution is 2.14. The van der Waals surface area contributed by atoms with Crippen molar-refractivity contribution in [3.63, 3.8) is 0 Å². The zero-order chi connectivity index (χ0) is 11.8. The van der Waals surface area contributed by atoms with Crippen LogP contribution in [0.3, 0.4) is 0 Å². The summed E-state index contributed by atoms with van der Waals surface area (Å²) in [6.45, 7) is 10.8. The molecule has 0 saturated carbocycles. The van der Waals surface area contributed by atoms with Gasteiger partial charge in [-0.1, -0.05) is 20.3 Å². The Hall–Kier alpha value is -0.120. The zero-order valence-corrected chi connectivity index (χ0v) is 11.2. The van der Waals surface area contributed by atoms with Crippen molar-refractivity contribution in [2.75, 3.05) is 46.4 Å². The Labute approximate surface area is 101 Å². The van der Waals surface area contributed by atoms with E-state index in [1.807, 2.05) is 0 Å². The monoisotopic (exact) mass is 228 g/mol. The van der Waals surface area contributed by atoms with Crippen LogP contribution in [0.2, 0.25) is 0 Å². The molecule has 16 heavy (non-hydrogen) atoms. The molecule has 0 N–H and O–H groups in total. The summed E-state index contributed by atoms with van der Waals surface area (Å²) in [7, 11) is 2.22. The molecule has 0 aromatic heterocycles. The van der Waals surface area contributed by atoms with Crippen LogP contribution in [0, 0.1) is 0 Å². The van der Waals surface area contributed by atoms with Crippen LogP contribution >= 0.6 is 0 Å². The van der Waals surface area contributed by atoms with Gasteiger partial charge in [0.25, 0.3) is 0 Å². The highest BCUT2D eigenvalue weighted by Gasteiger charge is 2.18. The van der Waals surface area contributed by atoms with Gasteiger partial charge in [0.1, 0.15) is 0 Å². The number of rotatable bonds is 7. The van der Waals surface area contributed by atoms with Crippen molar-refractivity contribution in [2.24, 2.45) is 0 Å². The lowest BCUT2D eigenvalue weighted by Crippen LogP contribution is -2.40. The maximum absolute atomic E-state index is 5.79. The van der Waals surface area contributed by atoms with Crippen molar-refractivity contribution >= 4 is 0 Å². The van der Waals surface area contributed by atoms with Gasteiger partial charge in [0.2, 0.25) is 0 Å². The van der Waals surface area contributed by atoms with Crippen molar-refractivity contribution in [3.8, 4) is 0 Å². The number of hydrogen-bond acceptors (Lipinski definition) is 3. The van der Waals surface area contributed by atoms with Gasteiger partial charge < -0.3 is 14.5 Å². The largest absolute Gasteiger partial charge is 0.378 e. The van der Waals surface area contributed by atoms with E-state index in [2.05, 4.69) is 30.7 Å². The molecule has 1 unspecified atom stereocenters. The van der Waals surface area contributed by atoms with Gasteiger partial charge in [-0.25, -0.2) is 0 Å². The maximum Gasteiger partial charge on any atom is 0.0622 e. The summed E-state index contributed by atoms with van der Waals surface area (Å²) in [6, 6.07) is 0.658. The highest BCUT2D eigenvalue weighted by atomic mass is 16.5. The number of hydrogen-bond donors (Lipinski definition) is 0. The second-order valence-corrected chi connectivity index (χ2v) is 4.73. The summed E-state index contributed by atoms with van der Waals surface area (Å²) >= 11 is 0. The minimum atomic E-state index is 0.658. The van der Waals surface area contributed by atoms with E-state index >= 15 is 0 Å². The second kappa shape index (κ2) is 8.04. The summed E-state index contributed by atoms with van der Waals surface area (Å²) in [4.78, 5) is 4.85.